The summed E-state index contributed by atoms with van der Waals surface area (Å²) in [6.45, 7) is 2.83. The third-order valence-electron chi connectivity index (χ3n) is 2.37. The molecule has 1 aromatic rings. The molecule has 0 aliphatic heterocycles. The van der Waals surface area contributed by atoms with E-state index in [1.807, 2.05) is 50.1 Å². The lowest BCUT2D eigenvalue weighted by molar-refractivity contribution is 0.386. The van der Waals surface area contributed by atoms with Crippen LogP contribution in [0.5, 0.6) is 5.75 Å². The van der Waals surface area contributed by atoms with Crippen LogP contribution in [0.4, 0.5) is 5.69 Å². The summed E-state index contributed by atoms with van der Waals surface area (Å²) in [4.78, 5) is 4.05. The second-order valence-electron chi connectivity index (χ2n) is 4.40. The van der Waals surface area contributed by atoms with Gasteiger partial charge >= 0.3 is 0 Å². The predicted molar refractivity (Wildman–Crippen MR) is 64.6 cm³/mol. The average molecular weight is 208 g/mol. The third kappa shape index (κ3) is 2.86. The van der Waals surface area contributed by atoms with E-state index in [0.717, 1.165) is 17.8 Å². The molecule has 0 bridgehead atoms. The van der Waals surface area contributed by atoms with Crippen molar-refractivity contribution in [1.82, 2.24) is 4.90 Å². The Bertz CT molecular complexity index is 346. The fourth-order valence-electron chi connectivity index (χ4n) is 1.69. The Labute approximate surface area is 91.9 Å². The number of anilines is 1. The van der Waals surface area contributed by atoms with Crippen LogP contribution in [-0.4, -0.2) is 38.2 Å². The Hall–Kier alpha value is -1.22. The van der Waals surface area contributed by atoms with Crippen LogP contribution >= 0.6 is 0 Å². The van der Waals surface area contributed by atoms with E-state index in [2.05, 4.69) is 6.92 Å². The zero-order valence-electron chi connectivity index (χ0n) is 10.2. The highest BCUT2D eigenvalue weighted by Gasteiger charge is 2.08. The van der Waals surface area contributed by atoms with Gasteiger partial charge in [0.05, 0.1) is 0 Å². The number of nitrogens with zero attached hydrogens (tertiary/aromatic N) is 2. The summed E-state index contributed by atoms with van der Waals surface area (Å²) in [5.41, 5.74) is 3.23. The molecule has 0 amide bonds. The molecule has 0 spiro atoms. The molecule has 0 aliphatic carbocycles. The maximum Gasteiger partial charge on any atom is 0.122 e. The van der Waals surface area contributed by atoms with Gasteiger partial charge in [0.25, 0.3) is 0 Å². The minimum atomic E-state index is 0.373. The molecule has 0 saturated heterocycles. The van der Waals surface area contributed by atoms with Crippen LogP contribution in [0.15, 0.2) is 12.1 Å². The van der Waals surface area contributed by atoms with E-state index in [0.29, 0.717) is 5.75 Å². The van der Waals surface area contributed by atoms with E-state index in [-0.39, 0.29) is 0 Å². The minimum absolute atomic E-state index is 0.373. The summed E-state index contributed by atoms with van der Waals surface area (Å²) >= 11 is 0. The average Bonchev–Trinajstić information content (AvgIpc) is 2.09. The lowest BCUT2D eigenvalue weighted by Crippen LogP contribution is -2.13. The van der Waals surface area contributed by atoms with Gasteiger partial charge in [-0.15, -0.1) is 0 Å². The summed E-state index contributed by atoms with van der Waals surface area (Å²) in [6, 6.07) is 3.87. The number of phenolic OH excluding ortho intramolecular Hbond substituents is 1. The monoisotopic (exact) mass is 208 g/mol. The standard InChI is InChI=1S/C12H20N2O/c1-9-6-10(8-13(2)3)12(15)7-11(9)14(4)5/h6-7,15H,8H2,1-5H3. The zero-order chi connectivity index (χ0) is 11.6. The van der Waals surface area contributed by atoms with Gasteiger partial charge in [0.15, 0.2) is 0 Å². The molecule has 3 heteroatoms. The van der Waals surface area contributed by atoms with Gasteiger partial charge in [-0.05, 0) is 32.6 Å². The highest BCUT2D eigenvalue weighted by molar-refractivity contribution is 5.58. The molecule has 0 aromatic heterocycles. The number of hydrogen-bond donors (Lipinski definition) is 1. The maximum atomic E-state index is 9.86. The van der Waals surface area contributed by atoms with Crippen LogP contribution in [0.3, 0.4) is 0 Å². The number of phenols is 1. The van der Waals surface area contributed by atoms with E-state index < -0.39 is 0 Å². The molecule has 84 valence electrons. The normalized spacial score (nSPS) is 10.8. The van der Waals surface area contributed by atoms with Crippen molar-refractivity contribution >= 4 is 5.69 Å². The van der Waals surface area contributed by atoms with E-state index >= 15 is 0 Å². The van der Waals surface area contributed by atoms with Crippen molar-refractivity contribution in [3.8, 4) is 5.75 Å². The minimum Gasteiger partial charge on any atom is -0.508 e. The van der Waals surface area contributed by atoms with Crippen molar-refractivity contribution < 1.29 is 5.11 Å². The second-order valence-corrected chi connectivity index (χ2v) is 4.40. The zero-order valence-corrected chi connectivity index (χ0v) is 10.2. The summed E-state index contributed by atoms with van der Waals surface area (Å²) in [6.07, 6.45) is 0. The lowest BCUT2D eigenvalue weighted by atomic mass is 10.1. The number of hydrogen-bond acceptors (Lipinski definition) is 3. The van der Waals surface area contributed by atoms with Gasteiger partial charge in [-0.25, -0.2) is 0 Å². The topological polar surface area (TPSA) is 26.7 Å². The first-order chi connectivity index (χ1) is 6.91. The Morgan fingerprint density at radius 1 is 1.13 bits per heavy atom. The Morgan fingerprint density at radius 3 is 2.20 bits per heavy atom. The highest BCUT2D eigenvalue weighted by atomic mass is 16.3. The molecule has 0 radical (unpaired) electrons. The number of aryl methyl sites for hydroxylation is 1. The van der Waals surface area contributed by atoms with Gasteiger partial charge in [0.2, 0.25) is 0 Å². The van der Waals surface area contributed by atoms with Gasteiger partial charge in [-0.2, -0.15) is 0 Å². The van der Waals surface area contributed by atoms with Crippen molar-refractivity contribution in [2.75, 3.05) is 33.1 Å². The Morgan fingerprint density at radius 2 is 1.73 bits per heavy atom. The van der Waals surface area contributed by atoms with Crippen LogP contribution in [-0.2, 0) is 6.54 Å². The van der Waals surface area contributed by atoms with E-state index in [4.69, 9.17) is 0 Å². The fraction of sp³-hybridized carbons (Fsp3) is 0.500. The first-order valence-electron chi connectivity index (χ1n) is 5.06. The van der Waals surface area contributed by atoms with E-state index in [1.165, 1.54) is 5.56 Å². The SMILES string of the molecule is Cc1cc(CN(C)C)c(O)cc1N(C)C. The van der Waals surface area contributed by atoms with E-state index in [1.54, 1.807) is 0 Å². The van der Waals surface area contributed by atoms with Crippen LogP contribution in [0, 0.1) is 6.92 Å². The summed E-state index contributed by atoms with van der Waals surface area (Å²) < 4.78 is 0. The molecule has 0 fully saturated rings. The molecule has 0 atom stereocenters. The molecule has 0 saturated carbocycles. The quantitative estimate of drug-likeness (QED) is 0.821. The van der Waals surface area contributed by atoms with E-state index in [9.17, 15) is 5.11 Å². The predicted octanol–water partition coefficient (Wildman–Crippen LogP) is 1.83. The van der Waals surface area contributed by atoms with Crippen molar-refractivity contribution in [2.24, 2.45) is 0 Å². The van der Waals surface area contributed by atoms with Crippen LogP contribution in [0.25, 0.3) is 0 Å². The van der Waals surface area contributed by atoms with Crippen LogP contribution < -0.4 is 4.90 Å². The molecule has 1 N–H and O–H groups in total. The van der Waals surface area contributed by atoms with Gasteiger partial charge in [-0.3, -0.25) is 0 Å². The summed E-state index contributed by atoms with van der Waals surface area (Å²) in [7, 11) is 7.95. The Kier molecular flexibility index (Phi) is 3.58. The van der Waals surface area contributed by atoms with Crippen LogP contribution in [0.1, 0.15) is 11.1 Å². The molecule has 3 nitrogen and oxygen atoms in total. The smallest absolute Gasteiger partial charge is 0.122 e. The van der Waals surface area contributed by atoms with Gasteiger partial charge in [-0.1, -0.05) is 0 Å². The molecule has 1 aromatic carbocycles. The van der Waals surface area contributed by atoms with Gasteiger partial charge in [0.1, 0.15) is 5.75 Å². The number of aromatic hydroxyl groups is 1. The molecule has 15 heavy (non-hydrogen) atoms. The molecule has 0 unspecified atom stereocenters. The van der Waals surface area contributed by atoms with Crippen molar-refractivity contribution in [2.45, 2.75) is 13.5 Å². The molecular weight excluding hydrogens is 188 g/mol. The summed E-state index contributed by atoms with van der Waals surface area (Å²) in [5, 5.41) is 9.86. The van der Waals surface area contributed by atoms with Gasteiger partial charge in [0, 0.05) is 38.0 Å². The van der Waals surface area contributed by atoms with Crippen molar-refractivity contribution in [1.29, 1.82) is 0 Å². The highest BCUT2D eigenvalue weighted by Crippen LogP contribution is 2.28. The number of benzene rings is 1. The van der Waals surface area contributed by atoms with Crippen molar-refractivity contribution in [3.63, 3.8) is 0 Å². The third-order valence-corrected chi connectivity index (χ3v) is 2.37. The largest absolute Gasteiger partial charge is 0.508 e. The molecule has 0 aliphatic rings. The molecule has 0 heterocycles. The molecule has 1 rings (SSSR count). The summed E-state index contributed by atoms with van der Waals surface area (Å²) in [5.74, 6) is 0.373. The van der Waals surface area contributed by atoms with Crippen molar-refractivity contribution in [3.05, 3.63) is 23.3 Å². The first kappa shape index (κ1) is 11.9. The first-order valence-corrected chi connectivity index (χ1v) is 5.06. The molecular formula is C12H20N2O. The lowest BCUT2D eigenvalue weighted by Gasteiger charge is -2.19. The second kappa shape index (κ2) is 4.53. The fourth-order valence-corrected chi connectivity index (χ4v) is 1.69. The maximum absolute atomic E-state index is 9.86. The number of rotatable bonds is 3. The Balaban J connectivity index is 3.08. The van der Waals surface area contributed by atoms with Crippen LogP contribution in [0.2, 0.25) is 0 Å². The van der Waals surface area contributed by atoms with Gasteiger partial charge < -0.3 is 14.9 Å².